The van der Waals surface area contributed by atoms with Crippen LogP contribution in [0.3, 0.4) is 0 Å². The molecule has 2 heterocycles. The second-order valence-corrected chi connectivity index (χ2v) is 11.1. The molecule has 2 fully saturated rings. The minimum absolute atomic E-state index is 0.0465. The molecule has 5 rings (SSSR count). The molecule has 1 unspecified atom stereocenters. The SMILES string of the molecule is N#Cc1ccc(NC2CCC(OCC(=O)N3CCN(C(=O)C4Cc5cc(C(F)(F)F)ccc5O4)CC3)CC2)cc1C(F)(F)F. The number of halogens is 6. The number of hydrogen-bond donors (Lipinski definition) is 1. The van der Waals surface area contributed by atoms with Crippen molar-refractivity contribution >= 4 is 17.5 Å². The van der Waals surface area contributed by atoms with Crippen LogP contribution in [-0.4, -0.2) is 72.6 Å². The van der Waals surface area contributed by atoms with Crippen LogP contribution in [0.1, 0.15) is 47.9 Å². The quantitative estimate of drug-likeness (QED) is 0.455. The minimum Gasteiger partial charge on any atom is -0.480 e. The molecule has 0 spiro atoms. The van der Waals surface area contributed by atoms with Crippen LogP contribution in [0, 0.1) is 11.3 Å². The zero-order chi connectivity index (χ0) is 31.6. The number of carbonyl (C=O) groups excluding carboxylic acids is 2. The molecular formula is C30H30F6N4O4. The second-order valence-electron chi connectivity index (χ2n) is 11.1. The molecule has 1 atom stereocenters. The van der Waals surface area contributed by atoms with Crippen molar-refractivity contribution in [3.63, 3.8) is 0 Å². The standard InChI is InChI=1S/C30H30F6N4O4/c31-29(32,33)20-2-8-25-19(13-20)14-26(44-25)28(42)40-11-9-39(10-12-40)27(41)17-43-23-6-4-21(5-7-23)38-22-3-1-18(16-37)24(15-22)30(34,35)36/h1-3,8,13,15,21,23,26,38H,4-7,9-12,14,17H2. The van der Waals surface area contributed by atoms with Gasteiger partial charge in [0, 0.05) is 44.3 Å². The highest BCUT2D eigenvalue weighted by molar-refractivity contribution is 5.83. The van der Waals surface area contributed by atoms with Crippen LogP contribution in [0.2, 0.25) is 0 Å². The Hall–Kier alpha value is -3.99. The highest BCUT2D eigenvalue weighted by Crippen LogP contribution is 2.37. The van der Waals surface area contributed by atoms with Crippen molar-refractivity contribution in [1.29, 1.82) is 5.26 Å². The van der Waals surface area contributed by atoms with E-state index in [-0.39, 0.29) is 74.6 Å². The fourth-order valence-corrected chi connectivity index (χ4v) is 5.80. The number of nitrogens with zero attached hydrogens (tertiary/aromatic N) is 3. The molecule has 0 bridgehead atoms. The van der Waals surface area contributed by atoms with Crippen LogP contribution in [0.15, 0.2) is 36.4 Å². The van der Waals surface area contributed by atoms with Gasteiger partial charge in [-0.25, -0.2) is 0 Å². The largest absolute Gasteiger partial charge is 0.480 e. The van der Waals surface area contributed by atoms with Gasteiger partial charge in [0.15, 0.2) is 6.10 Å². The van der Waals surface area contributed by atoms with Crippen molar-refractivity contribution in [3.8, 4) is 11.8 Å². The Bertz CT molecular complexity index is 1420. The monoisotopic (exact) mass is 624 g/mol. The summed E-state index contributed by atoms with van der Waals surface area (Å²) in [6.07, 6.45) is -7.66. The maximum Gasteiger partial charge on any atom is 0.417 e. The van der Waals surface area contributed by atoms with Gasteiger partial charge >= 0.3 is 12.4 Å². The van der Waals surface area contributed by atoms with Crippen molar-refractivity contribution in [2.75, 3.05) is 38.1 Å². The summed E-state index contributed by atoms with van der Waals surface area (Å²) in [4.78, 5) is 28.9. The number of carbonyl (C=O) groups is 2. The van der Waals surface area contributed by atoms with E-state index in [4.69, 9.17) is 14.7 Å². The van der Waals surface area contributed by atoms with Gasteiger partial charge in [-0.3, -0.25) is 9.59 Å². The molecule has 0 aromatic heterocycles. The summed E-state index contributed by atoms with van der Waals surface area (Å²) in [6, 6.07) is 8.20. The number of nitrogens with one attached hydrogen (secondary N) is 1. The topological polar surface area (TPSA) is 94.9 Å². The molecule has 2 aromatic rings. The first-order valence-corrected chi connectivity index (χ1v) is 14.2. The van der Waals surface area contributed by atoms with E-state index in [1.165, 1.54) is 12.1 Å². The fraction of sp³-hybridized carbons (Fsp3) is 0.500. The van der Waals surface area contributed by atoms with Crippen molar-refractivity contribution in [3.05, 3.63) is 58.7 Å². The first-order valence-electron chi connectivity index (χ1n) is 14.2. The van der Waals surface area contributed by atoms with E-state index in [1.54, 1.807) is 15.9 Å². The summed E-state index contributed by atoms with van der Waals surface area (Å²) in [5, 5.41) is 12.1. The van der Waals surface area contributed by atoms with Crippen LogP contribution in [-0.2, 0) is 33.1 Å². The highest BCUT2D eigenvalue weighted by Gasteiger charge is 2.38. The summed E-state index contributed by atoms with van der Waals surface area (Å²) >= 11 is 0. The normalized spacial score (nSPS) is 22.2. The van der Waals surface area contributed by atoms with E-state index in [2.05, 4.69) is 5.32 Å². The summed E-state index contributed by atoms with van der Waals surface area (Å²) < 4.78 is 90.3. The molecule has 8 nitrogen and oxygen atoms in total. The molecule has 2 aromatic carbocycles. The molecule has 2 amide bonds. The van der Waals surface area contributed by atoms with E-state index >= 15 is 0 Å². The van der Waals surface area contributed by atoms with E-state index in [0.29, 0.717) is 31.2 Å². The van der Waals surface area contributed by atoms with Crippen molar-refractivity contribution in [2.45, 2.75) is 62.7 Å². The van der Waals surface area contributed by atoms with Crippen molar-refractivity contribution < 1.29 is 45.4 Å². The number of amides is 2. The molecule has 2 aliphatic heterocycles. The van der Waals surface area contributed by atoms with E-state index in [1.807, 2.05) is 0 Å². The van der Waals surface area contributed by atoms with E-state index < -0.39 is 35.1 Å². The number of piperazine rings is 1. The molecule has 1 saturated carbocycles. The first-order chi connectivity index (χ1) is 20.8. The molecule has 1 aliphatic carbocycles. The number of hydrogen-bond acceptors (Lipinski definition) is 6. The van der Waals surface area contributed by atoms with Crippen LogP contribution in [0.25, 0.3) is 0 Å². The highest BCUT2D eigenvalue weighted by atomic mass is 19.4. The zero-order valence-corrected chi connectivity index (χ0v) is 23.5. The van der Waals surface area contributed by atoms with Gasteiger partial charge in [-0.15, -0.1) is 0 Å². The minimum atomic E-state index is -4.63. The molecule has 236 valence electrons. The lowest BCUT2D eigenvalue weighted by molar-refractivity contribution is -0.146. The van der Waals surface area contributed by atoms with Gasteiger partial charge < -0.3 is 24.6 Å². The first kappa shape index (κ1) is 31.4. The summed E-state index contributed by atoms with van der Waals surface area (Å²) in [6.45, 7) is 0.956. The Morgan fingerprint density at radius 1 is 0.932 bits per heavy atom. The zero-order valence-electron chi connectivity index (χ0n) is 23.5. The maximum atomic E-state index is 13.3. The second kappa shape index (κ2) is 12.6. The number of anilines is 1. The van der Waals surface area contributed by atoms with Crippen LogP contribution in [0.4, 0.5) is 32.0 Å². The third-order valence-electron chi connectivity index (χ3n) is 8.21. The molecule has 3 aliphatic rings. The summed E-state index contributed by atoms with van der Waals surface area (Å²) in [5.74, 6) is -0.296. The third-order valence-corrected chi connectivity index (χ3v) is 8.21. The van der Waals surface area contributed by atoms with Gasteiger partial charge in [-0.05, 0) is 67.6 Å². The Morgan fingerprint density at radius 2 is 1.61 bits per heavy atom. The number of benzene rings is 2. The lowest BCUT2D eigenvalue weighted by Gasteiger charge is -2.36. The lowest BCUT2D eigenvalue weighted by Crippen LogP contribution is -2.54. The molecule has 14 heteroatoms. The number of ether oxygens (including phenoxy) is 2. The van der Waals surface area contributed by atoms with Crippen LogP contribution < -0.4 is 10.1 Å². The molecule has 44 heavy (non-hydrogen) atoms. The van der Waals surface area contributed by atoms with Gasteiger partial charge in [-0.1, -0.05) is 0 Å². The number of rotatable bonds is 6. The Balaban J connectivity index is 1.02. The number of alkyl halides is 6. The average Bonchev–Trinajstić information content (AvgIpc) is 3.43. The third kappa shape index (κ3) is 7.20. The van der Waals surface area contributed by atoms with Crippen molar-refractivity contribution in [2.24, 2.45) is 0 Å². The predicted molar refractivity (Wildman–Crippen MR) is 145 cm³/mol. The fourth-order valence-electron chi connectivity index (χ4n) is 5.80. The molecule has 0 radical (unpaired) electrons. The Labute approximate surface area is 249 Å². The van der Waals surface area contributed by atoms with Crippen LogP contribution >= 0.6 is 0 Å². The smallest absolute Gasteiger partial charge is 0.417 e. The van der Waals surface area contributed by atoms with Gasteiger partial charge in [-0.2, -0.15) is 31.6 Å². The van der Waals surface area contributed by atoms with Gasteiger partial charge in [0.25, 0.3) is 5.91 Å². The predicted octanol–water partition coefficient (Wildman–Crippen LogP) is 5.01. The van der Waals surface area contributed by atoms with Gasteiger partial charge in [0.05, 0.1) is 28.9 Å². The van der Waals surface area contributed by atoms with E-state index in [0.717, 1.165) is 24.3 Å². The van der Waals surface area contributed by atoms with E-state index in [9.17, 15) is 35.9 Å². The number of nitriles is 1. The molecular weight excluding hydrogens is 594 g/mol. The maximum absolute atomic E-state index is 13.3. The number of fused-ring (bicyclic) bond motifs is 1. The Kier molecular flexibility index (Phi) is 8.97. The van der Waals surface area contributed by atoms with Gasteiger partial charge in [0.2, 0.25) is 5.91 Å². The molecule has 1 N–H and O–H groups in total. The average molecular weight is 625 g/mol. The Morgan fingerprint density at radius 3 is 2.25 bits per heavy atom. The summed E-state index contributed by atoms with van der Waals surface area (Å²) in [7, 11) is 0. The van der Waals surface area contributed by atoms with Gasteiger partial charge in [0.1, 0.15) is 12.4 Å². The van der Waals surface area contributed by atoms with Crippen molar-refractivity contribution in [1.82, 2.24) is 9.80 Å². The summed E-state index contributed by atoms with van der Waals surface area (Å²) in [5.41, 5.74) is -1.59. The van der Waals surface area contributed by atoms with Crippen LogP contribution in [0.5, 0.6) is 5.75 Å². The lowest BCUT2D eigenvalue weighted by atomic mass is 9.92. The molecule has 1 saturated heterocycles.